The van der Waals surface area contributed by atoms with Gasteiger partial charge in [-0.05, 0) is 80.0 Å². The second-order valence-corrected chi connectivity index (χ2v) is 8.62. The average Bonchev–Trinajstić information content (AvgIpc) is 3.24. The summed E-state index contributed by atoms with van der Waals surface area (Å²) in [5.74, 6) is 0.829. The first kappa shape index (κ1) is 19.7. The molecule has 0 spiro atoms. The maximum absolute atomic E-state index is 4.98. The predicted molar refractivity (Wildman–Crippen MR) is 128 cm³/mol. The molecule has 1 aliphatic rings. The molecule has 0 saturated carbocycles. The van der Waals surface area contributed by atoms with Crippen molar-refractivity contribution in [1.29, 1.82) is 0 Å². The molecule has 0 bridgehead atoms. The first-order chi connectivity index (χ1) is 15.1. The highest BCUT2D eigenvalue weighted by Gasteiger charge is 2.16. The molecule has 0 amide bonds. The fourth-order valence-corrected chi connectivity index (χ4v) is 4.49. The number of hydrogen-bond acceptors (Lipinski definition) is 3. The van der Waals surface area contributed by atoms with E-state index in [0.717, 1.165) is 51.6 Å². The van der Waals surface area contributed by atoms with Crippen molar-refractivity contribution < 1.29 is 0 Å². The summed E-state index contributed by atoms with van der Waals surface area (Å²) < 4.78 is 0. The van der Waals surface area contributed by atoms with E-state index in [2.05, 4.69) is 79.5 Å². The topological polar surface area (TPSA) is 54.5 Å². The minimum Gasteiger partial charge on any atom is -0.276 e. The van der Waals surface area contributed by atoms with Crippen LogP contribution in [0.15, 0.2) is 54.7 Å². The van der Waals surface area contributed by atoms with Crippen molar-refractivity contribution in [2.75, 3.05) is 0 Å². The fraction of sp³-hybridized carbons (Fsp3) is 0.296. The smallest absolute Gasteiger partial charge is 0.120 e. The Morgan fingerprint density at radius 3 is 2.65 bits per heavy atom. The highest BCUT2D eigenvalue weighted by molar-refractivity contribution is 5.91. The maximum atomic E-state index is 4.98. The second-order valence-electron chi connectivity index (χ2n) is 8.62. The van der Waals surface area contributed by atoms with Crippen molar-refractivity contribution >= 4 is 16.6 Å². The molecule has 0 aliphatic heterocycles. The lowest BCUT2D eigenvalue weighted by atomic mass is 9.86. The zero-order valence-electron chi connectivity index (χ0n) is 18.4. The fourth-order valence-electron chi connectivity index (χ4n) is 4.49. The summed E-state index contributed by atoms with van der Waals surface area (Å²) in [4.78, 5) is 9.75. The largest absolute Gasteiger partial charge is 0.276 e. The molecule has 4 heteroatoms. The number of nitrogens with zero attached hydrogens (tertiary/aromatic N) is 3. The first-order valence-corrected chi connectivity index (χ1v) is 11.2. The van der Waals surface area contributed by atoms with Gasteiger partial charge >= 0.3 is 0 Å². The Morgan fingerprint density at radius 2 is 1.90 bits per heavy atom. The zero-order valence-corrected chi connectivity index (χ0v) is 18.4. The van der Waals surface area contributed by atoms with Gasteiger partial charge in [0.2, 0.25) is 0 Å². The lowest BCUT2D eigenvalue weighted by Crippen LogP contribution is -2.04. The Kier molecular flexibility index (Phi) is 5.14. The summed E-state index contributed by atoms with van der Waals surface area (Å²) in [6, 6.07) is 14.7. The average molecular weight is 409 g/mol. The monoisotopic (exact) mass is 408 g/mol. The molecule has 0 radical (unpaired) electrons. The highest BCUT2D eigenvalue weighted by atomic mass is 15.1. The summed E-state index contributed by atoms with van der Waals surface area (Å²) in [5.41, 5.74) is 10.8. The Morgan fingerprint density at radius 1 is 1.03 bits per heavy atom. The molecule has 0 saturated heterocycles. The van der Waals surface area contributed by atoms with E-state index in [-0.39, 0.29) is 0 Å². The molecule has 1 N–H and O–H groups in total. The Labute approximate surface area is 183 Å². The normalized spacial score (nSPS) is 16.5. The number of fused-ring (bicyclic) bond motifs is 1. The SMILES string of the molecule is CCC1CC=C(c2ccc(-c3n[nH]c4ccc(-c5cccc(C)c5C)nc34)cn2)CC1. The molecule has 1 atom stereocenters. The number of rotatable bonds is 4. The van der Waals surface area contributed by atoms with Crippen LogP contribution in [0.25, 0.3) is 39.1 Å². The first-order valence-electron chi connectivity index (χ1n) is 11.2. The molecular weight excluding hydrogens is 380 g/mol. The van der Waals surface area contributed by atoms with E-state index >= 15 is 0 Å². The van der Waals surface area contributed by atoms with Gasteiger partial charge < -0.3 is 0 Å². The zero-order chi connectivity index (χ0) is 21.4. The van der Waals surface area contributed by atoms with E-state index in [1.807, 2.05) is 6.20 Å². The van der Waals surface area contributed by atoms with Crippen LogP contribution < -0.4 is 0 Å². The summed E-state index contributed by atoms with van der Waals surface area (Å²) in [6.45, 7) is 6.57. The third-order valence-electron chi connectivity index (χ3n) is 6.75. The van der Waals surface area contributed by atoms with Gasteiger partial charge in [-0.15, -0.1) is 0 Å². The van der Waals surface area contributed by atoms with Crippen LogP contribution >= 0.6 is 0 Å². The predicted octanol–water partition coefficient (Wildman–Crippen LogP) is 6.90. The Hall–Kier alpha value is -3.27. The standard InChI is InChI=1S/C27H28N4/c1-4-19-8-10-20(11-9-19)23-13-12-21(16-28-23)26-27-25(30-31-26)15-14-24(29-27)22-7-5-6-17(2)18(22)3/h5-7,10,12-16,19H,4,8-9,11H2,1-3H3,(H,30,31). The van der Waals surface area contributed by atoms with Gasteiger partial charge in [0.05, 0.1) is 16.9 Å². The van der Waals surface area contributed by atoms with Gasteiger partial charge in [0, 0.05) is 17.3 Å². The van der Waals surface area contributed by atoms with Crippen LogP contribution in [0.1, 0.15) is 49.4 Å². The highest BCUT2D eigenvalue weighted by Crippen LogP contribution is 2.33. The van der Waals surface area contributed by atoms with Crippen molar-refractivity contribution in [1.82, 2.24) is 20.2 Å². The third kappa shape index (κ3) is 3.67. The number of aromatic nitrogens is 4. The number of H-pyrrole nitrogens is 1. The maximum Gasteiger partial charge on any atom is 0.120 e. The summed E-state index contributed by atoms with van der Waals surface area (Å²) in [5, 5.41) is 7.69. The van der Waals surface area contributed by atoms with E-state index < -0.39 is 0 Å². The molecule has 3 aromatic heterocycles. The number of nitrogens with one attached hydrogen (secondary N) is 1. The van der Waals surface area contributed by atoms with Gasteiger partial charge in [-0.1, -0.05) is 37.6 Å². The van der Waals surface area contributed by atoms with Gasteiger partial charge in [0.15, 0.2) is 0 Å². The lowest BCUT2D eigenvalue weighted by molar-refractivity contribution is 0.470. The van der Waals surface area contributed by atoms with E-state index in [0.29, 0.717) is 0 Å². The number of allylic oxidation sites excluding steroid dienone is 2. The quantitative estimate of drug-likeness (QED) is 0.400. The molecule has 5 rings (SSSR count). The van der Waals surface area contributed by atoms with Crippen LogP contribution in [0, 0.1) is 19.8 Å². The molecule has 3 heterocycles. The van der Waals surface area contributed by atoms with Crippen molar-refractivity contribution in [2.24, 2.45) is 5.92 Å². The number of benzene rings is 1. The van der Waals surface area contributed by atoms with E-state index in [1.165, 1.54) is 36.0 Å². The molecule has 4 aromatic rings. The van der Waals surface area contributed by atoms with Crippen molar-refractivity contribution in [3.8, 4) is 22.5 Å². The second kappa shape index (κ2) is 8.10. The number of pyridine rings is 2. The molecule has 1 aromatic carbocycles. The van der Waals surface area contributed by atoms with Crippen molar-refractivity contribution in [3.63, 3.8) is 0 Å². The number of hydrogen-bond donors (Lipinski definition) is 1. The van der Waals surface area contributed by atoms with Gasteiger partial charge in [0.1, 0.15) is 11.2 Å². The van der Waals surface area contributed by atoms with Crippen LogP contribution in [0.5, 0.6) is 0 Å². The van der Waals surface area contributed by atoms with Crippen LogP contribution in [-0.4, -0.2) is 20.2 Å². The lowest BCUT2D eigenvalue weighted by Gasteiger charge is -2.20. The van der Waals surface area contributed by atoms with Crippen LogP contribution in [0.4, 0.5) is 0 Å². The molecule has 1 aliphatic carbocycles. The van der Waals surface area contributed by atoms with Crippen LogP contribution in [-0.2, 0) is 0 Å². The van der Waals surface area contributed by atoms with Gasteiger partial charge in [-0.2, -0.15) is 5.10 Å². The minimum atomic E-state index is 0.829. The Balaban J connectivity index is 1.49. The summed E-state index contributed by atoms with van der Waals surface area (Å²) >= 11 is 0. The number of aryl methyl sites for hydroxylation is 1. The minimum absolute atomic E-state index is 0.829. The molecular formula is C27H28N4. The van der Waals surface area contributed by atoms with E-state index in [4.69, 9.17) is 9.97 Å². The molecule has 1 unspecified atom stereocenters. The van der Waals surface area contributed by atoms with Gasteiger partial charge in [-0.3, -0.25) is 10.1 Å². The van der Waals surface area contributed by atoms with Gasteiger partial charge in [0.25, 0.3) is 0 Å². The van der Waals surface area contributed by atoms with Crippen LogP contribution in [0.2, 0.25) is 0 Å². The molecule has 4 nitrogen and oxygen atoms in total. The molecule has 156 valence electrons. The van der Waals surface area contributed by atoms with Gasteiger partial charge in [-0.25, -0.2) is 4.98 Å². The third-order valence-corrected chi connectivity index (χ3v) is 6.75. The number of aromatic amines is 1. The summed E-state index contributed by atoms with van der Waals surface area (Å²) in [7, 11) is 0. The van der Waals surface area contributed by atoms with Crippen LogP contribution in [0.3, 0.4) is 0 Å². The van der Waals surface area contributed by atoms with E-state index in [1.54, 1.807) is 0 Å². The Bertz CT molecular complexity index is 1260. The van der Waals surface area contributed by atoms with E-state index in [9.17, 15) is 0 Å². The van der Waals surface area contributed by atoms with Crippen molar-refractivity contribution in [2.45, 2.75) is 46.5 Å². The molecule has 0 fully saturated rings. The summed E-state index contributed by atoms with van der Waals surface area (Å²) in [6.07, 6.45) is 9.13. The van der Waals surface area contributed by atoms with Crippen molar-refractivity contribution in [3.05, 3.63) is 71.6 Å². The molecule has 31 heavy (non-hydrogen) atoms.